The van der Waals surface area contributed by atoms with Crippen LogP contribution in [0.15, 0.2) is 18.2 Å². The number of hydrogen-bond donors (Lipinski definition) is 0. The molecule has 0 aliphatic heterocycles. The van der Waals surface area contributed by atoms with E-state index in [0.717, 1.165) is 24.5 Å². The number of carbonyl (C=O) groups is 1. The smallest absolute Gasteiger partial charge is 0.302 e. The van der Waals surface area contributed by atoms with Gasteiger partial charge in [0.1, 0.15) is 11.9 Å². The first-order valence-corrected chi connectivity index (χ1v) is 9.37. The Hall–Kier alpha value is -1.51. The zero-order valence-electron chi connectivity index (χ0n) is 15.0. The van der Waals surface area contributed by atoms with E-state index < -0.39 is 0 Å². The first kappa shape index (κ1) is 16.0. The number of hydrogen-bond acceptors (Lipinski definition) is 3. The van der Waals surface area contributed by atoms with Gasteiger partial charge in [0.2, 0.25) is 0 Å². The Balaban J connectivity index is 1.62. The third-order valence-electron chi connectivity index (χ3n) is 7.15. The average molecular weight is 328 g/mol. The van der Waals surface area contributed by atoms with Crippen LogP contribution in [0, 0.1) is 17.3 Å². The van der Waals surface area contributed by atoms with E-state index in [2.05, 4.69) is 25.1 Å². The molecule has 2 fully saturated rings. The molecule has 3 heteroatoms. The Bertz CT molecular complexity index is 652. The Labute approximate surface area is 144 Å². The summed E-state index contributed by atoms with van der Waals surface area (Å²) in [7, 11) is 1.74. The number of fused-ring (bicyclic) bond motifs is 5. The van der Waals surface area contributed by atoms with E-state index in [4.69, 9.17) is 9.47 Å². The number of benzene rings is 1. The second-order valence-corrected chi connectivity index (χ2v) is 8.20. The monoisotopic (exact) mass is 328 g/mol. The molecule has 1 aromatic carbocycles. The molecule has 0 N–H and O–H groups in total. The lowest BCUT2D eigenvalue weighted by Gasteiger charge is -2.50. The molecule has 0 heterocycles. The third-order valence-corrected chi connectivity index (χ3v) is 7.15. The molecule has 5 atom stereocenters. The molecule has 2 saturated carbocycles. The zero-order valence-corrected chi connectivity index (χ0v) is 15.0. The van der Waals surface area contributed by atoms with Crippen LogP contribution in [0.5, 0.6) is 5.75 Å². The fourth-order valence-electron chi connectivity index (χ4n) is 6.03. The van der Waals surface area contributed by atoms with Gasteiger partial charge in [-0.3, -0.25) is 4.79 Å². The van der Waals surface area contributed by atoms with Gasteiger partial charge in [0.15, 0.2) is 0 Å². The Kier molecular flexibility index (Phi) is 3.85. The Morgan fingerprint density at radius 1 is 1.21 bits per heavy atom. The van der Waals surface area contributed by atoms with Crippen molar-refractivity contribution in [2.24, 2.45) is 17.3 Å². The van der Waals surface area contributed by atoms with E-state index in [9.17, 15) is 4.79 Å². The predicted octanol–water partition coefficient (Wildman–Crippen LogP) is 4.48. The maximum atomic E-state index is 11.5. The van der Waals surface area contributed by atoms with Crippen molar-refractivity contribution in [2.75, 3.05) is 7.11 Å². The molecule has 0 bridgehead atoms. The van der Waals surface area contributed by atoms with Crippen LogP contribution in [0.25, 0.3) is 0 Å². The maximum absolute atomic E-state index is 11.5. The summed E-state index contributed by atoms with van der Waals surface area (Å²) in [5, 5.41) is 0. The maximum Gasteiger partial charge on any atom is 0.302 e. The number of ether oxygens (including phenoxy) is 2. The van der Waals surface area contributed by atoms with Gasteiger partial charge in [0.05, 0.1) is 7.11 Å². The quantitative estimate of drug-likeness (QED) is 0.751. The van der Waals surface area contributed by atoms with Crippen LogP contribution in [0.3, 0.4) is 0 Å². The Morgan fingerprint density at radius 3 is 2.79 bits per heavy atom. The highest BCUT2D eigenvalue weighted by Gasteiger charge is 2.56. The standard InChI is InChI=1S/C21H28O3/c1-13(22)24-20-9-8-19-18-6-4-14-12-15(23-3)5-7-16(14)17(18)10-11-21(19,20)2/h5,7,12,17-20H,4,6,8-11H2,1-3H3/t17-,18+,19-,20+,21+/m1/s1. The zero-order chi connectivity index (χ0) is 16.9. The first-order chi connectivity index (χ1) is 11.5. The summed E-state index contributed by atoms with van der Waals surface area (Å²) < 4.78 is 11.1. The topological polar surface area (TPSA) is 35.5 Å². The number of esters is 1. The van der Waals surface area contributed by atoms with E-state index in [0.29, 0.717) is 11.8 Å². The summed E-state index contributed by atoms with van der Waals surface area (Å²) in [5.41, 5.74) is 3.20. The van der Waals surface area contributed by atoms with Crippen LogP contribution >= 0.6 is 0 Å². The molecule has 0 spiro atoms. The molecule has 0 amide bonds. The van der Waals surface area contributed by atoms with E-state index in [1.54, 1.807) is 19.6 Å². The molecule has 24 heavy (non-hydrogen) atoms. The summed E-state index contributed by atoms with van der Waals surface area (Å²) in [6.45, 7) is 3.92. The van der Waals surface area contributed by atoms with Crippen molar-refractivity contribution in [3.63, 3.8) is 0 Å². The highest BCUT2D eigenvalue weighted by molar-refractivity contribution is 5.66. The second-order valence-electron chi connectivity index (χ2n) is 8.20. The minimum absolute atomic E-state index is 0.120. The van der Waals surface area contributed by atoms with Crippen LogP contribution in [-0.4, -0.2) is 19.2 Å². The van der Waals surface area contributed by atoms with E-state index in [1.807, 2.05) is 0 Å². The highest BCUT2D eigenvalue weighted by Crippen LogP contribution is 2.61. The van der Waals surface area contributed by atoms with Crippen molar-refractivity contribution in [3.8, 4) is 5.75 Å². The molecule has 0 saturated heterocycles. The molecule has 0 radical (unpaired) electrons. The number of aryl methyl sites for hydroxylation is 1. The molecule has 0 unspecified atom stereocenters. The summed E-state index contributed by atoms with van der Waals surface area (Å²) in [6, 6.07) is 6.65. The van der Waals surface area contributed by atoms with Crippen LogP contribution in [-0.2, 0) is 16.0 Å². The minimum Gasteiger partial charge on any atom is -0.497 e. The van der Waals surface area contributed by atoms with Crippen molar-refractivity contribution >= 4 is 5.97 Å². The minimum atomic E-state index is -0.120. The molecule has 4 rings (SSSR count). The molecule has 3 aliphatic rings. The van der Waals surface area contributed by atoms with E-state index in [1.165, 1.54) is 31.2 Å². The molecular formula is C21H28O3. The van der Waals surface area contributed by atoms with Crippen molar-refractivity contribution in [1.29, 1.82) is 0 Å². The normalized spacial score (nSPS) is 37.1. The molecular weight excluding hydrogens is 300 g/mol. The molecule has 130 valence electrons. The largest absolute Gasteiger partial charge is 0.497 e. The van der Waals surface area contributed by atoms with Crippen LogP contribution in [0.2, 0.25) is 0 Å². The van der Waals surface area contributed by atoms with Gasteiger partial charge in [-0.15, -0.1) is 0 Å². The van der Waals surface area contributed by atoms with Crippen LogP contribution in [0.4, 0.5) is 0 Å². The van der Waals surface area contributed by atoms with Crippen molar-refractivity contribution in [1.82, 2.24) is 0 Å². The van der Waals surface area contributed by atoms with E-state index in [-0.39, 0.29) is 17.5 Å². The number of methoxy groups -OCH3 is 1. The fraction of sp³-hybridized carbons (Fsp3) is 0.667. The van der Waals surface area contributed by atoms with Crippen LogP contribution in [0.1, 0.15) is 63.0 Å². The first-order valence-electron chi connectivity index (χ1n) is 9.37. The third kappa shape index (κ3) is 2.35. The summed E-state index contributed by atoms with van der Waals surface area (Å²) in [4.78, 5) is 11.5. The summed E-state index contributed by atoms with van der Waals surface area (Å²) in [6.07, 6.45) is 7.17. The lowest BCUT2D eigenvalue weighted by atomic mass is 9.55. The van der Waals surface area contributed by atoms with Crippen molar-refractivity contribution in [3.05, 3.63) is 29.3 Å². The fourth-order valence-corrected chi connectivity index (χ4v) is 6.03. The highest BCUT2D eigenvalue weighted by atomic mass is 16.5. The molecule has 0 aromatic heterocycles. The van der Waals surface area contributed by atoms with Gasteiger partial charge in [-0.05, 0) is 79.5 Å². The summed E-state index contributed by atoms with van der Waals surface area (Å²) >= 11 is 0. The number of carbonyl (C=O) groups excluding carboxylic acids is 1. The SMILES string of the molecule is COc1ccc2c(c1)CC[C@H]1[C@@H]2CC[C@]2(C)[C@@H](OC(C)=O)CC[C@H]12. The average Bonchev–Trinajstić information content (AvgIpc) is 2.90. The number of rotatable bonds is 2. The van der Waals surface area contributed by atoms with Crippen LogP contribution < -0.4 is 4.74 Å². The van der Waals surface area contributed by atoms with Gasteiger partial charge in [-0.2, -0.15) is 0 Å². The second kappa shape index (κ2) is 5.79. The lowest BCUT2D eigenvalue weighted by molar-refractivity contribution is -0.154. The van der Waals surface area contributed by atoms with Gasteiger partial charge >= 0.3 is 5.97 Å². The van der Waals surface area contributed by atoms with E-state index >= 15 is 0 Å². The lowest BCUT2D eigenvalue weighted by Crippen LogP contribution is -2.45. The molecule has 1 aromatic rings. The predicted molar refractivity (Wildman–Crippen MR) is 93.2 cm³/mol. The van der Waals surface area contributed by atoms with Gasteiger partial charge < -0.3 is 9.47 Å². The van der Waals surface area contributed by atoms with Gasteiger partial charge in [-0.1, -0.05) is 13.0 Å². The summed E-state index contributed by atoms with van der Waals surface area (Å²) in [5.74, 6) is 2.96. The molecule has 3 nitrogen and oxygen atoms in total. The van der Waals surface area contributed by atoms with Crippen molar-refractivity contribution < 1.29 is 14.3 Å². The van der Waals surface area contributed by atoms with Gasteiger partial charge in [-0.25, -0.2) is 0 Å². The van der Waals surface area contributed by atoms with Gasteiger partial charge in [0.25, 0.3) is 0 Å². The van der Waals surface area contributed by atoms with Gasteiger partial charge in [0, 0.05) is 12.3 Å². The van der Waals surface area contributed by atoms with Crippen molar-refractivity contribution in [2.45, 2.75) is 64.4 Å². The Morgan fingerprint density at radius 2 is 2.04 bits per heavy atom. The molecule has 3 aliphatic carbocycles.